The van der Waals surface area contributed by atoms with Crippen LogP contribution >= 0.6 is 0 Å². The van der Waals surface area contributed by atoms with Crippen LogP contribution in [0.3, 0.4) is 0 Å². The zero-order valence-electron chi connectivity index (χ0n) is 29.4. The van der Waals surface area contributed by atoms with Crippen molar-refractivity contribution in [3.8, 4) is 5.75 Å². The molecule has 0 unspecified atom stereocenters. The Labute approximate surface area is 306 Å². The van der Waals surface area contributed by atoms with Crippen molar-refractivity contribution in [2.45, 2.75) is 54.9 Å². The number of ether oxygens (including phenoxy) is 3. The first-order chi connectivity index (χ1) is 24.6. The van der Waals surface area contributed by atoms with E-state index in [2.05, 4.69) is 61.1 Å². The minimum absolute atomic E-state index is 0.147. The van der Waals surface area contributed by atoms with E-state index in [1.165, 1.54) is 4.57 Å². The van der Waals surface area contributed by atoms with Crippen molar-refractivity contribution in [3.05, 3.63) is 177 Å². The average molecular weight is 768 g/mol. The van der Waals surface area contributed by atoms with E-state index in [1.807, 2.05) is 84.9 Å². The van der Waals surface area contributed by atoms with Gasteiger partial charge in [0, 0.05) is 0 Å². The van der Waals surface area contributed by atoms with Crippen LogP contribution in [0.1, 0.15) is 28.5 Å². The number of hydrogen-bond donors (Lipinski definition) is 1. The van der Waals surface area contributed by atoms with Crippen molar-refractivity contribution in [1.82, 2.24) is 9.55 Å². The summed E-state index contributed by atoms with van der Waals surface area (Å²) in [6.45, 7) is 10.2. The fraction of sp³-hybridized carbons (Fsp3) is 0.268. The molecule has 1 N–H and O–H groups in total. The van der Waals surface area contributed by atoms with Gasteiger partial charge in [-0.3, -0.25) is 0 Å². The van der Waals surface area contributed by atoms with Crippen LogP contribution in [0.4, 0.5) is 0 Å². The second-order valence-electron chi connectivity index (χ2n) is 13.2. The Morgan fingerprint density at radius 2 is 1.45 bits per heavy atom. The zero-order valence-corrected chi connectivity index (χ0v) is 32.1. The molecule has 0 spiro atoms. The van der Waals surface area contributed by atoms with Gasteiger partial charge in [-0.05, 0) is 0 Å². The quantitative estimate of drug-likeness (QED) is 0.0805. The fourth-order valence-electron chi connectivity index (χ4n) is 6.66. The molecule has 10 heteroatoms. The molecule has 1 aromatic heterocycles. The molecule has 1 saturated heterocycles. The van der Waals surface area contributed by atoms with E-state index >= 15 is 0 Å². The van der Waals surface area contributed by atoms with E-state index in [4.69, 9.17) is 18.6 Å². The monoisotopic (exact) mass is 768 g/mol. The van der Waals surface area contributed by atoms with Gasteiger partial charge in [-0.1, -0.05) is 0 Å². The Hall–Kier alpha value is -4.28. The Bertz CT molecular complexity index is 1980. The van der Waals surface area contributed by atoms with Gasteiger partial charge < -0.3 is 0 Å². The summed E-state index contributed by atoms with van der Waals surface area (Å²) in [6, 6.07) is 39.3. The number of aromatic nitrogens is 2. The number of allylic oxidation sites excluding steroid dienone is 1. The van der Waals surface area contributed by atoms with E-state index in [-0.39, 0.29) is 26.4 Å². The molecule has 264 valence electrons. The molecular formula is C41H44N2O6SeSi. The summed E-state index contributed by atoms with van der Waals surface area (Å²) in [6.07, 6.45) is 1.83. The van der Waals surface area contributed by atoms with E-state index in [0.29, 0.717) is 5.56 Å². The standard InChI is InChI=1S/C41H44N2O6SeSi/c1-6-26-51(4,5)49-36-35(48-39(37(36)50-34-20-14-9-15-21-34)43-27-29(2)38(44)42-40(43)45)28-47-41(30-16-10-7-11-17-30,31-18-12-8-13-19-31)32-22-24-33(46-3)25-23-32/h6-25,27,35-37,39H,1,26,28H2,2-5H3,(H,42,44,45)/t35-,36+,37-,39-/m1/s1. The molecule has 0 amide bonds. The predicted octanol–water partition coefficient (Wildman–Crippen LogP) is 6.35. The molecule has 0 bridgehead atoms. The van der Waals surface area contributed by atoms with E-state index < -0.39 is 43.6 Å². The van der Waals surface area contributed by atoms with Gasteiger partial charge in [-0.15, -0.1) is 0 Å². The molecule has 6 rings (SSSR count). The summed E-state index contributed by atoms with van der Waals surface area (Å²) in [5.74, 6) is 0.742. The second-order valence-corrected chi connectivity index (χ2v) is 20.0. The molecule has 1 aliphatic heterocycles. The Kier molecular flexibility index (Phi) is 11.4. The number of aryl methyl sites for hydroxylation is 1. The summed E-state index contributed by atoms with van der Waals surface area (Å²) in [4.78, 5) is 28.2. The van der Waals surface area contributed by atoms with Gasteiger partial charge in [0.1, 0.15) is 0 Å². The number of nitrogens with zero attached hydrogens (tertiary/aromatic N) is 1. The van der Waals surface area contributed by atoms with Gasteiger partial charge >= 0.3 is 308 Å². The van der Waals surface area contributed by atoms with E-state index in [0.717, 1.165) is 32.9 Å². The molecule has 51 heavy (non-hydrogen) atoms. The van der Waals surface area contributed by atoms with Gasteiger partial charge in [0.2, 0.25) is 0 Å². The van der Waals surface area contributed by atoms with Crippen molar-refractivity contribution in [3.63, 3.8) is 0 Å². The van der Waals surface area contributed by atoms with Crippen molar-refractivity contribution >= 4 is 27.7 Å². The third kappa shape index (κ3) is 7.97. The first kappa shape index (κ1) is 36.5. The van der Waals surface area contributed by atoms with Crippen LogP contribution in [-0.2, 0) is 19.5 Å². The Morgan fingerprint density at radius 1 is 0.882 bits per heavy atom. The molecule has 1 fully saturated rings. The maximum atomic E-state index is 13.5. The Morgan fingerprint density at radius 3 is 2.02 bits per heavy atom. The molecule has 4 aromatic carbocycles. The number of H-pyrrole nitrogens is 1. The van der Waals surface area contributed by atoms with Crippen LogP contribution < -0.4 is 20.4 Å². The molecule has 5 aromatic rings. The third-order valence-corrected chi connectivity index (χ3v) is 14.1. The van der Waals surface area contributed by atoms with Crippen LogP contribution in [0.15, 0.2) is 144 Å². The van der Waals surface area contributed by atoms with Gasteiger partial charge in [-0.25, -0.2) is 0 Å². The summed E-state index contributed by atoms with van der Waals surface area (Å²) >= 11 is -0.181. The van der Waals surface area contributed by atoms with Gasteiger partial charge in [0.25, 0.3) is 0 Å². The Balaban J connectivity index is 1.49. The predicted molar refractivity (Wildman–Crippen MR) is 205 cm³/mol. The SMILES string of the molecule is C=CC[Si](C)(C)O[C@@H]1[C@@H]([Se]c2ccccc2)[C@H](n2cc(C)c(=O)[nH]c2=O)O[C@@H]1COC(c1ccccc1)(c1ccccc1)c1ccc(OC)cc1. The van der Waals surface area contributed by atoms with Crippen molar-refractivity contribution in [2.24, 2.45) is 0 Å². The summed E-state index contributed by atoms with van der Waals surface area (Å²) in [5.41, 5.74) is 1.29. The minimum atomic E-state index is -2.31. The molecular weight excluding hydrogens is 724 g/mol. The number of benzene rings is 4. The van der Waals surface area contributed by atoms with Crippen LogP contribution in [-0.4, -0.2) is 58.7 Å². The number of hydrogen-bond acceptors (Lipinski definition) is 6. The zero-order chi connectivity index (χ0) is 36.0. The normalized spacial score (nSPS) is 19.1. The maximum absolute atomic E-state index is 13.5. The van der Waals surface area contributed by atoms with Crippen LogP contribution in [0.2, 0.25) is 24.0 Å². The molecule has 0 saturated carbocycles. The number of aromatic amines is 1. The summed E-state index contributed by atoms with van der Waals surface area (Å²) in [7, 11) is -0.659. The molecule has 0 aliphatic carbocycles. The molecule has 4 atom stereocenters. The third-order valence-electron chi connectivity index (χ3n) is 9.13. The number of methoxy groups -OCH3 is 1. The number of nitrogens with one attached hydrogen (secondary N) is 1. The molecule has 2 heterocycles. The summed E-state index contributed by atoms with van der Waals surface area (Å²) in [5, 5.41) is 0. The van der Waals surface area contributed by atoms with Crippen molar-refractivity contribution < 1.29 is 18.6 Å². The van der Waals surface area contributed by atoms with Crippen LogP contribution in [0.25, 0.3) is 0 Å². The summed E-state index contributed by atoms with van der Waals surface area (Å²) < 4.78 is 29.7. The molecule has 8 nitrogen and oxygen atoms in total. The van der Waals surface area contributed by atoms with Crippen molar-refractivity contribution in [2.75, 3.05) is 13.7 Å². The molecule has 1 aliphatic rings. The van der Waals surface area contributed by atoms with Crippen LogP contribution in [0.5, 0.6) is 5.75 Å². The van der Waals surface area contributed by atoms with Gasteiger partial charge in [0.05, 0.1) is 0 Å². The average Bonchev–Trinajstić information content (AvgIpc) is 3.46. The first-order valence-corrected chi connectivity index (χ1v) is 22.0. The first-order valence-electron chi connectivity index (χ1n) is 17.0. The van der Waals surface area contributed by atoms with E-state index in [1.54, 1.807) is 20.2 Å². The van der Waals surface area contributed by atoms with E-state index in [9.17, 15) is 9.59 Å². The van der Waals surface area contributed by atoms with Crippen LogP contribution in [0, 0.1) is 6.92 Å². The fourth-order valence-corrected chi connectivity index (χ4v) is 11.4. The molecule has 0 radical (unpaired) electrons. The second kappa shape index (κ2) is 15.9. The van der Waals surface area contributed by atoms with Gasteiger partial charge in [0.15, 0.2) is 0 Å². The van der Waals surface area contributed by atoms with Gasteiger partial charge in [-0.2, -0.15) is 0 Å². The van der Waals surface area contributed by atoms with Crippen molar-refractivity contribution in [1.29, 1.82) is 0 Å². The number of rotatable bonds is 14. The topological polar surface area (TPSA) is 91.8 Å².